The van der Waals surface area contributed by atoms with Crippen molar-refractivity contribution in [2.45, 2.75) is 37.5 Å². The molecule has 0 saturated heterocycles. The number of carbonyl (C=O) groups excluding carboxylic acids is 1. The molecule has 194 valence electrons. The second-order valence-corrected chi connectivity index (χ2v) is 10.3. The number of nitrogens with zero attached hydrogens (tertiary/aromatic N) is 4. The third-order valence-electron chi connectivity index (χ3n) is 5.64. The van der Waals surface area contributed by atoms with Crippen LogP contribution in [0.25, 0.3) is 16.1 Å². The number of benzene rings is 2. The van der Waals surface area contributed by atoms with Gasteiger partial charge in [0.05, 0.1) is 16.5 Å². The van der Waals surface area contributed by atoms with Gasteiger partial charge in [-0.2, -0.15) is 13.2 Å². The van der Waals surface area contributed by atoms with Crippen LogP contribution in [0.2, 0.25) is 0 Å². The van der Waals surface area contributed by atoms with Crippen molar-refractivity contribution >= 4 is 15.7 Å². The van der Waals surface area contributed by atoms with E-state index in [0.29, 0.717) is 5.56 Å². The van der Waals surface area contributed by atoms with Crippen LogP contribution in [0.1, 0.15) is 45.7 Å². The van der Waals surface area contributed by atoms with Crippen LogP contribution >= 0.6 is 0 Å². The molecule has 2 aromatic carbocycles. The monoisotopic (exact) mass is 533 g/mol. The molecule has 9 nitrogen and oxygen atoms in total. The van der Waals surface area contributed by atoms with E-state index in [9.17, 15) is 31.2 Å². The molecule has 1 heterocycles. The number of carbonyl (C=O) groups is 1. The number of nitrogens with one attached hydrogen (secondary N) is 1. The lowest BCUT2D eigenvalue weighted by Crippen LogP contribution is -2.34. The zero-order chi connectivity index (χ0) is 27.5. The van der Waals surface area contributed by atoms with E-state index in [2.05, 4.69) is 15.3 Å². The first-order valence-electron chi connectivity index (χ1n) is 10.8. The lowest BCUT2D eigenvalue weighted by molar-refractivity contribution is -0.137. The van der Waals surface area contributed by atoms with E-state index >= 15 is 0 Å². The smallest absolute Gasteiger partial charge is 0.348 e. The summed E-state index contributed by atoms with van der Waals surface area (Å²) in [5, 5.41) is 6.16. The average Bonchev–Trinajstić information content (AvgIpc) is 2.82. The van der Waals surface area contributed by atoms with Crippen molar-refractivity contribution in [3.05, 3.63) is 103 Å². The Morgan fingerprint density at radius 1 is 1.16 bits per heavy atom. The van der Waals surface area contributed by atoms with Gasteiger partial charge < -0.3 is 5.32 Å². The van der Waals surface area contributed by atoms with E-state index in [1.807, 2.05) is 0 Å². The summed E-state index contributed by atoms with van der Waals surface area (Å²) < 4.78 is 64.2. The summed E-state index contributed by atoms with van der Waals surface area (Å²) in [5.41, 5.74) is 7.57. The number of hydrogen-bond donors (Lipinski definition) is 1. The van der Waals surface area contributed by atoms with Crippen LogP contribution in [-0.4, -0.2) is 25.1 Å². The molecule has 1 aromatic heterocycles. The number of aromatic nitrogens is 1. The molecule has 0 saturated carbocycles. The molecular weight excluding hydrogens is 511 g/mol. The summed E-state index contributed by atoms with van der Waals surface area (Å²) in [4.78, 5) is 29.2. The molecule has 0 aliphatic rings. The van der Waals surface area contributed by atoms with E-state index in [1.54, 1.807) is 0 Å². The van der Waals surface area contributed by atoms with E-state index in [0.717, 1.165) is 29.0 Å². The predicted molar refractivity (Wildman–Crippen MR) is 130 cm³/mol. The zero-order valence-electron chi connectivity index (χ0n) is 19.9. The first kappa shape index (κ1) is 27.5. The van der Waals surface area contributed by atoms with Crippen molar-refractivity contribution in [3.63, 3.8) is 0 Å². The highest BCUT2D eigenvalue weighted by atomic mass is 32.2. The second kappa shape index (κ2) is 10.5. The lowest BCUT2D eigenvalue weighted by atomic mass is 10.0. The van der Waals surface area contributed by atoms with Gasteiger partial charge in [-0.1, -0.05) is 30.2 Å². The van der Waals surface area contributed by atoms with E-state index < -0.39 is 39.1 Å². The maximum atomic E-state index is 13.3. The minimum Gasteiger partial charge on any atom is -0.348 e. The van der Waals surface area contributed by atoms with Crippen LogP contribution in [-0.2, 0) is 22.6 Å². The summed E-state index contributed by atoms with van der Waals surface area (Å²) in [6, 6.07) is 10.3. The van der Waals surface area contributed by atoms with Gasteiger partial charge in [-0.15, -0.1) is 0 Å². The first-order valence-corrected chi connectivity index (χ1v) is 12.7. The van der Waals surface area contributed by atoms with E-state index in [1.165, 1.54) is 50.2 Å². The van der Waals surface area contributed by atoms with Crippen molar-refractivity contribution in [2.75, 3.05) is 6.26 Å². The van der Waals surface area contributed by atoms with Crippen molar-refractivity contribution < 1.29 is 26.4 Å². The molecule has 3 aromatic rings. The Hall–Kier alpha value is -4.09. The van der Waals surface area contributed by atoms with E-state index in [-0.39, 0.29) is 33.9 Å². The van der Waals surface area contributed by atoms with Crippen LogP contribution in [0.4, 0.5) is 13.2 Å². The molecule has 1 unspecified atom stereocenters. The topological polar surface area (TPSA) is 134 Å². The van der Waals surface area contributed by atoms with Gasteiger partial charge in [0.15, 0.2) is 9.84 Å². The van der Waals surface area contributed by atoms with Gasteiger partial charge in [-0.05, 0) is 60.0 Å². The number of alkyl halides is 3. The first-order chi connectivity index (χ1) is 17.2. The van der Waals surface area contributed by atoms with Crippen LogP contribution in [0.15, 0.2) is 69.4 Å². The minimum atomic E-state index is -4.66. The average molecular weight is 534 g/mol. The fourth-order valence-electron chi connectivity index (χ4n) is 3.71. The van der Waals surface area contributed by atoms with Gasteiger partial charge in [-0.3, -0.25) is 14.2 Å². The van der Waals surface area contributed by atoms with Crippen molar-refractivity contribution in [1.82, 2.24) is 9.88 Å². The van der Waals surface area contributed by atoms with Gasteiger partial charge in [0.2, 0.25) is 0 Å². The third-order valence-corrected chi connectivity index (χ3v) is 6.77. The zero-order valence-corrected chi connectivity index (χ0v) is 20.8. The quantitative estimate of drug-likeness (QED) is 0.263. The minimum absolute atomic E-state index is 0.0546. The summed E-state index contributed by atoms with van der Waals surface area (Å²) in [6.07, 6.45) is -3.60. The van der Waals surface area contributed by atoms with Gasteiger partial charge in [0, 0.05) is 29.1 Å². The number of halogens is 3. The Morgan fingerprint density at radius 3 is 2.38 bits per heavy atom. The second-order valence-electron chi connectivity index (χ2n) is 8.27. The summed E-state index contributed by atoms with van der Waals surface area (Å²) in [5.74, 6) is -0.813. The fourth-order valence-corrected chi connectivity index (χ4v) is 4.34. The number of rotatable bonds is 7. The molecular formula is C24H22F3N5O4S. The van der Waals surface area contributed by atoms with Crippen LogP contribution in [0.3, 0.4) is 0 Å². The van der Waals surface area contributed by atoms with Crippen LogP contribution in [0, 0.1) is 6.92 Å². The summed E-state index contributed by atoms with van der Waals surface area (Å²) >= 11 is 0. The van der Waals surface area contributed by atoms with Crippen molar-refractivity contribution in [2.24, 2.45) is 5.11 Å². The highest BCUT2D eigenvalue weighted by molar-refractivity contribution is 7.90. The Bertz CT molecular complexity index is 1560. The largest absolute Gasteiger partial charge is 0.416 e. The van der Waals surface area contributed by atoms with Gasteiger partial charge in [-0.25, -0.2) is 8.42 Å². The highest BCUT2D eigenvalue weighted by Gasteiger charge is 2.31. The Labute approximate surface area is 210 Å². The predicted octanol–water partition coefficient (Wildman–Crippen LogP) is 4.87. The number of sulfone groups is 1. The van der Waals surface area contributed by atoms with Gasteiger partial charge >= 0.3 is 6.18 Å². The Kier molecular flexibility index (Phi) is 7.80. The molecule has 1 atom stereocenters. The van der Waals surface area contributed by atoms with Gasteiger partial charge in [0.25, 0.3) is 11.5 Å². The maximum Gasteiger partial charge on any atom is 0.416 e. The van der Waals surface area contributed by atoms with Crippen molar-refractivity contribution in [3.8, 4) is 5.69 Å². The third kappa shape index (κ3) is 6.19. The Morgan fingerprint density at radius 2 is 1.81 bits per heavy atom. The fraction of sp³-hybridized carbons (Fsp3) is 0.250. The maximum absolute atomic E-state index is 13.3. The standard InChI is InChI=1S/C24H22F3N5O4S/c1-14(30-31-28)20-12-21(22(33)29-13-16-7-9-19(10-8-16)37(3,35)36)23(34)32(15(20)2)18-6-4-5-17(11-18)24(25,26)27/h4-12,14H,13H2,1-3H3,(H,29,33). The highest BCUT2D eigenvalue weighted by Crippen LogP contribution is 2.31. The number of azide groups is 1. The molecule has 1 N–H and O–H groups in total. The van der Waals surface area contributed by atoms with E-state index in [4.69, 9.17) is 5.53 Å². The number of pyridine rings is 1. The van der Waals surface area contributed by atoms with Crippen LogP contribution in [0.5, 0.6) is 0 Å². The van der Waals surface area contributed by atoms with Gasteiger partial charge in [0.1, 0.15) is 5.56 Å². The van der Waals surface area contributed by atoms with Crippen molar-refractivity contribution in [1.29, 1.82) is 0 Å². The summed E-state index contributed by atoms with van der Waals surface area (Å²) in [7, 11) is -3.40. The SMILES string of the molecule is Cc1c(C(C)N=[N+]=[N-])cc(C(=O)NCc2ccc(S(C)(=O)=O)cc2)c(=O)n1-c1cccc(C(F)(F)F)c1. The molecule has 3 rings (SSSR count). The molecule has 1 amide bonds. The molecule has 13 heteroatoms. The molecule has 0 aliphatic heterocycles. The molecule has 0 radical (unpaired) electrons. The Balaban J connectivity index is 2.07. The number of amides is 1. The lowest BCUT2D eigenvalue weighted by Gasteiger charge is -2.19. The molecule has 0 aliphatic carbocycles. The molecule has 0 bridgehead atoms. The summed E-state index contributed by atoms with van der Waals surface area (Å²) in [6.45, 7) is 2.94. The molecule has 0 fully saturated rings. The number of hydrogen-bond acceptors (Lipinski definition) is 5. The molecule has 0 spiro atoms. The normalized spacial score (nSPS) is 12.5. The molecule has 37 heavy (non-hydrogen) atoms. The van der Waals surface area contributed by atoms with Crippen LogP contribution < -0.4 is 10.9 Å².